The van der Waals surface area contributed by atoms with Gasteiger partial charge in [-0.1, -0.05) is 6.07 Å². The maximum atomic E-state index is 12.1. The van der Waals surface area contributed by atoms with Crippen molar-refractivity contribution in [2.24, 2.45) is 0 Å². The van der Waals surface area contributed by atoms with Gasteiger partial charge in [0, 0.05) is 17.7 Å². The fraction of sp³-hybridized carbons (Fsp3) is 0.391. The van der Waals surface area contributed by atoms with Gasteiger partial charge in [-0.25, -0.2) is 9.59 Å². The van der Waals surface area contributed by atoms with Crippen LogP contribution in [0.1, 0.15) is 51.3 Å². The monoisotopic (exact) mass is 446 g/mol. The standard InChI is InChI=1S/C23H26O9/c1-12(2)28-22(26)31-19-7-5-14(9-21(19)32-23(27)29-13(3)4)18-8-6-16-17(25)10-15(24)11-20(16)30-18/h5,7,9-13,18,24-25H,6,8H2,1-4H3. The number of phenols is 2. The zero-order chi connectivity index (χ0) is 23.4. The molecule has 0 spiro atoms. The highest BCUT2D eigenvalue weighted by Gasteiger charge is 2.26. The fourth-order valence-electron chi connectivity index (χ4n) is 3.20. The molecule has 3 rings (SSSR count). The number of carbonyl (C=O) groups excluding carboxylic acids is 2. The van der Waals surface area contributed by atoms with Gasteiger partial charge in [0.1, 0.15) is 23.4 Å². The molecule has 32 heavy (non-hydrogen) atoms. The summed E-state index contributed by atoms with van der Waals surface area (Å²) in [5, 5.41) is 19.8. The molecule has 0 amide bonds. The van der Waals surface area contributed by atoms with Crippen LogP contribution >= 0.6 is 0 Å². The number of hydrogen-bond acceptors (Lipinski definition) is 9. The van der Waals surface area contributed by atoms with Crippen molar-refractivity contribution in [3.63, 3.8) is 0 Å². The first-order chi connectivity index (χ1) is 15.1. The smallest absolute Gasteiger partial charge is 0.508 e. The van der Waals surface area contributed by atoms with Crippen LogP contribution in [0.4, 0.5) is 9.59 Å². The highest BCUT2D eigenvalue weighted by Crippen LogP contribution is 2.43. The molecule has 1 aliphatic rings. The second kappa shape index (κ2) is 9.67. The molecule has 0 aromatic heterocycles. The Balaban J connectivity index is 1.87. The lowest BCUT2D eigenvalue weighted by atomic mass is 9.96. The van der Waals surface area contributed by atoms with Crippen LogP contribution in [0.5, 0.6) is 28.7 Å². The Hall–Kier alpha value is -3.62. The summed E-state index contributed by atoms with van der Waals surface area (Å²) in [6, 6.07) is 7.33. The third-order valence-electron chi connectivity index (χ3n) is 4.49. The van der Waals surface area contributed by atoms with E-state index < -0.39 is 24.5 Å². The molecule has 1 atom stereocenters. The minimum Gasteiger partial charge on any atom is -0.508 e. The maximum absolute atomic E-state index is 12.1. The van der Waals surface area contributed by atoms with Crippen LogP contribution in [-0.4, -0.2) is 34.7 Å². The van der Waals surface area contributed by atoms with Crippen molar-refractivity contribution >= 4 is 12.3 Å². The van der Waals surface area contributed by atoms with E-state index in [9.17, 15) is 19.8 Å². The SMILES string of the molecule is CC(C)OC(=O)Oc1ccc(C2CCc3c(O)cc(O)cc3O2)cc1OC(=O)OC(C)C. The molecule has 0 saturated heterocycles. The van der Waals surface area contributed by atoms with E-state index in [0.717, 1.165) is 0 Å². The fourth-order valence-corrected chi connectivity index (χ4v) is 3.20. The summed E-state index contributed by atoms with van der Waals surface area (Å²) < 4.78 is 26.4. The molecular weight excluding hydrogens is 420 g/mol. The topological polar surface area (TPSA) is 121 Å². The van der Waals surface area contributed by atoms with Crippen molar-refractivity contribution in [2.75, 3.05) is 0 Å². The molecule has 0 aliphatic carbocycles. The van der Waals surface area contributed by atoms with Crippen LogP contribution in [0, 0.1) is 0 Å². The average molecular weight is 446 g/mol. The van der Waals surface area contributed by atoms with E-state index in [1.807, 2.05) is 0 Å². The first kappa shape index (κ1) is 23.1. The minimum absolute atomic E-state index is 0.0217. The van der Waals surface area contributed by atoms with Crippen LogP contribution in [0.3, 0.4) is 0 Å². The number of phenolic OH excluding ortho intramolecular Hbond substituents is 2. The van der Waals surface area contributed by atoms with Crippen LogP contribution in [0.15, 0.2) is 30.3 Å². The molecule has 9 heteroatoms. The zero-order valence-electron chi connectivity index (χ0n) is 18.3. The van der Waals surface area contributed by atoms with E-state index >= 15 is 0 Å². The second-order valence-electron chi connectivity index (χ2n) is 7.83. The van der Waals surface area contributed by atoms with Gasteiger partial charge in [0.2, 0.25) is 0 Å². The van der Waals surface area contributed by atoms with Gasteiger partial charge in [0.25, 0.3) is 0 Å². The highest BCUT2D eigenvalue weighted by molar-refractivity contribution is 5.69. The number of fused-ring (bicyclic) bond motifs is 1. The van der Waals surface area contributed by atoms with Gasteiger partial charge in [-0.15, -0.1) is 0 Å². The van der Waals surface area contributed by atoms with Crippen molar-refractivity contribution in [3.8, 4) is 28.7 Å². The Morgan fingerprint density at radius 2 is 1.56 bits per heavy atom. The van der Waals surface area contributed by atoms with Crippen LogP contribution in [0.25, 0.3) is 0 Å². The maximum Gasteiger partial charge on any atom is 0.514 e. The third kappa shape index (κ3) is 5.75. The molecule has 1 heterocycles. The van der Waals surface area contributed by atoms with Crippen LogP contribution in [0.2, 0.25) is 0 Å². The second-order valence-corrected chi connectivity index (χ2v) is 7.83. The number of benzene rings is 2. The summed E-state index contributed by atoms with van der Waals surface area (Å²) >= 11 is 0. The molecule has 2 aromatic rings. The lowest BCUT2D eigenvalue weighted by Gasteiger charge is -2.27. The molecule has 0 fully saturated rings. The number of ether oxygens (including phenoxy) is 5. The first-order valence-corrected chi connectivity index (χ1v) is 10.2. The Kier molecular flexibility index (Phi) is 6.97. The van der Waals surface area contributed by atoms with Crippen LogP contribution in [-0.2, 0) is 15.9 Å². The number of carbonyl (C=O) groups is 2. The molecule has 172 valence electrons. The van der Waals surface area contributed by atoms with E-state index in [0.29, 0.717) is 29.7 Å². The predicted molar refractivity (Wildman–Crippen MR) is 112 cm³/mol. The molecule has 2 N–H and O–H groups in total. The molecular formula is C23H26O9. The Labute approximate surface area is 185 Å². The predicted octanol–water partition coefficient (Wildman–Crippen LogP) is 5.01. The van der Waals surface area contributed by atoms with Gasteiger partial charge in [0.05, 0.1) is 12.2 Å². The van der Waals surface area contributed by atoms with Crippen molar-refractivity contribution in [2.45, 2.75) is 58.8 Å². The normalized spacial score (nSPS) is 15.0. The molecule has 0 bridgehead atoms. The van der Waals surface area contributed by atoms with E-state index in [-0.39, 0.29) is 29.1 Å². The van der Waals surface area contributed by atoms with Crippen molar-refractivity contribution < 1.29 is 43.5 Å². The Morgan fingerprint density at radius 1 is 0.938 bits per heavy atom. The number of hydrogen-bond donors (Lipinski definition) is 2. The summed E-state index contributed by atoms with van der Waals surface area (Å²) in [6.45, 7) is 6.70. The van der Waals surface area contributed by atoms with Gasteiger partial charge in [-0.05, 0) is 58.2 Å². The van der Waals surface area contributed by atoms with E-state index in [1.54, 1.807) is 33.8 Å². The number of rotatable bonds is 5. The molecule has 2 aromatic carbocycles. The number of aromatic hydroxyl groups is 2. The Bertz CT molecular complexity index is 997. The van der Waals surface area contributed by atoms with E-state index in [4.69, 9.17) is 23.7 Å². The highest BCUT2D eigenvalue weighted by atomic mass is 16.7. The van der Waals surface area contributed by atoms with Gasteiger partial charge in [-0.2, -0.15) is 0 Å². The average Bonchev–Trinajstić information content (AvgIpc) is 2.67. The molecule has 1 unspecified atom stereocenters. The Morgan fingerprint density at radius 3 is 2.19 bits per heavy atom. The molecule has 9 nitrogen and oxygen atoms in total. The first-order valence-electron chi connectivity index (χ1n) is 10.2. The summed E-state index contributed by atoms with van der Waals surface area (Å²) in [7, 11) is 0. The minimum atomic E-state index is -0.955. The summed E-state index contributed by atoms with van der Waals surface area (Å²) in [6.07, 6.45) is -2.11. The lowest BCUT2D eigenvalue weighted by Crippen LogP contribution is -2.19. The van der Waals surface area contributed by atoms with Gasteiger partial charge in [-0.3, -0.25) is 0 Å². The van der Waals surface area contributed by atoms with Gasteiger partial charge in [0.15, 0.2) is 11.5 Å². The molecule has 0 radical (unpaired) electrons. The largest absolute Gasteiger partial charge is 0.514 e. The van der Waals surface area contributed by atoms with Crippen molar-refractivity contribution in [1.82, 2.24) is 0 Å². The molecule has 0 saturated carbocycles. The quantitative estimate of drug-likeness (QED) is 0.482. The van der Waals surface area contributed by atoms with Crippen LogP contribution < -0.4 is 14.2 Å². The summed E-state index contributed by atoms with van der Waals surface area (Å²) in [4.78, 5) is 24.0. The van der Waals surface area contributed by atoms with Gasteiger partial charge < -0.3 is 33.9 Å². The third-order valence-corrected chi connectivity index (χ3v) is 4.49. The van der Waals surface area contributed by atoms with Crippen molar-refractivity contribution in [3.05, 3.63) is 41.5 Å². The summed E-state index contributed by atoms with van der Waals surface area (Å²) in [5.41, 5.74) is 1.24. The summed E-state index contributed by atoms with van der Waals surface area (Å²) in [5.74, 6) is 0.149. The van der Waals surface area contributed by atoms with Crippen molar-refractivity contribution in [1.29, 1.82) is 0 Å². The zero-order valence-corrected chi connectivity index (χ0v) is 18.3. The van der Waals surface area contributed by atoms with E-state index in [1.165, 1.54) is 24.3 Å². The molecule has 1 aliphatic heterocycles. The van der Waals surface area contributed by atoms with Gasteiger partial charge >= 0.3 is 12.3 Å². The lowest BCUT2D eigenvalue weighted by molar-refractivity contribution is 0.0639. The van der Waals surface area contributed by atoms with E-state index in [2.05, 4.69) is 0 Å².